The molecule has 19 heavy (non-hydrogen) atoms. The number of ketones is 1. The summed E-state index contributed by atoms with van der Waals surface area (Å²) in [5.41, 5.74) is 1.27. The van der Waals surface area contributed by atoms with Gasteiger partial charge >= 0.3 is 0 Å². The van der Waals surface area contributed by atoms with Gasteiger partial charge in [0.25, 0.3) is 5.91 Å². The van der Waals surface area contributed by atoms with Crippen molar-refractivity contribution in [3.05, 3.63) is 35.4 Å². The molecule has 0 saturated carbocycles. The van der Waals surface area contributed by atoms with Crippen molar-refractivity contribution in [1.82, 2.24) is 10.6 Å². The van der Waals surface area contributed by atoms with Crippen LogP contribution >= 0.6 is 0 Å². The van der Waals surface area contributed by atoms with Gasteiger partial charge in [-0.05, 0) is 31.5 Å². The number of carbonyl (C=O) groups excluding carboxylic acids is 2. The highest BCUT2D eigenvalue weighted by atomic mass is 16.1. The Hall–Kier alpha value is -1.68. The maximum absolute atomic E-state index is 12.0. The summed E-state index contributed by atoms with van der Waals surface area (Å²) in [4.78, 5) is 23.5. The molecule has 1 fully saturated rings. The van der Waals surface area contributed by atoms with E-state index in [-0.39, 0.29) is 17.7 Å². The zero-order valence-corrected chi connectivity index (χ0v) is 11.2. The third-order valence-corrected chi connectivity index (χ3v) is 3.42. The van der Waals surface area contributed by atoms with Crippen molar-refractivity contribution in [2.75, 3.05) is 13.1 Å². The highest BCUT2D eigenvalue weighted by Crippen LogP contribution is 2.08. The standard InChI is InChI=1S/C15H20N2O2/c1-2-14(18)11-5-7-12(8-6-11)15(19)17-13-4-3-9-16-10-13/h5-8,13,16H,2-4,9-10H2,1H3,(H,17,19)/t13-/m0/s1. The lowest BCUT2D eigenvalue weighted by atomic mass is 10.0. The molecular formula is C15H20N2O2. The molecule has 2 N–H and O–H groups in total. The van der Waals surface area contributed by atoms with Crippen LogP contribution in [0.15, 0.2) is 24.3 Å². The number of benzene rings is 1. The van der Waals surface area contributed by atoms with Crippen molar-refractivity contribution in [3.8, 4) is 0 Å². The van der Waals surface area contributed by atoms with Gasteiger partial charge in [0.05, 0.1) is 0 Å². The molecule has 1 heterocycles. The van der Waals surface area contributed by atoms with Crippen molar-refractivity contribution >= 4 is 11.7 Å². The molecule has 0 aliphatic carbocycles. The predicted molar refractivity (Wildman–Crippen MR) is 74.4 cm³/mol. The van der Waals surface area contributed by atoms with E-state index in [2.05, 4.69) is 10.6 Å². The zero-order valence-electron chi connectivity index (χ0n) is 11.2. The summed E-state index contributed by atoms with van der Waals surface area (Å²) in [6, 6.07) is 7.08. The topological polar surface area (TPSA) is 58.2 Å². The van der Waals surface area contributed by atoms with E-state index in [0.717, 1.165) is 25.9 Å². The molecule has 1 aromatic rings. The van der Waals surface area contributed by atoms with E-state index >= 15 is 0 Å². The Labute approximate surface area is 113 Å². The summed E-state index contributed by atoms with van der Waals surface area (Å²) < 4.78 is 0. The van der Waals surface area contributed by atoms with Crippen LogP contribution in [0.5, 0.6) is 0 Å². The van der Waals surface area contributed by atoms with Crippen LogP contribution in [0.2, 0.25) is 0 Å². The van der Waals surface area contributed by atoms with E-state index in [1.54, 1.807) is 24.3 Å². The van der Waals surface area contributed by atoms with Gasteiger partial charge in [0, 0.05) is 30.1 Å². The summed E-state index contributed by atoms with van der Waals surface area (Å²) in [6.07, 6.45) is 2.60. The van der Waals surface area contributed by atoms with Gasteiger partial charge in [-0.3, -0.25) is 9.59 Å². The fourth-order valence-corrected chi connectivity index (χ4v) is 2.26. The van der Waals surface area contributed by atoms with Gasteiger partial charge in [0.1, 0.15) is 0 Å². The van der Waals surface area contributed by atoms with Crippen LogP contribution in [0.3, 0.4) is 0 Å². The van der Waals surface area contributed by atoms with E-state index in [9.17, 15) is 9.59 Å². The molecule has 0 unspecified atom stereocenters. The molecule has 1 aromatic carbocycles. The number of rotatable bonds is 4. The fraction of sp³-hybridized carbons (Fsp3) is 0.467. The number of nitrogens with one attached hydrogen (secondary N) is 2. The minimum Gasteiger partial charge on any atom is -0.348 e. The summed E-state index contributed by atoms with van der Waals surface area (Å²) in [7, 11) is 0. The average molecular weight is 260 g/mol. The van der Waals surface area contributed by atoms with Crippen LogP contribution in [-0.4, -0.2) is 30.8 Å². The summed E-state index contributed by atoms with van der Waals surface area (Å²) in [5, 5.41) is 6.28. The lowest BCUT2D eigenvalue weighted by Crippen LogP contribution is -2.45. The van der Waals surface area contributed by atoms with Crippen LogP contribution in [0.25, 0.3) is 0 Å². The van der Waals surface area contributed by atoms with E-state index < -0.39 is 0 Å². The van der Waals surface area contributed by atoms with Crippen LogP contribution in [0, 0.1) is 0 Å². The smallest absolute Gasteiger partial charge is 0.251 e. The van der Waals surface area contributed by atoms with Gasteiger partial charge in [-0.1, -0.05) is 19.1 Å². The Kier molecular flexibility index (Phi) is 4.68. The molecule has 0 radical (unpaired) electrons. The first kappa shape index (κ1) is 13.7. The maximum atomic E-state index is 12.0. The Balaban J connectivity index is 1.97. The first-order valence-corrected chi connectivity index (χ1v) is 6.85. The average Bonchev–Trinajstić information content (AvgIpc) is 2.47. The van der Waals surface area contributed by atoms with E-state index in [0.29, 0.717) is 17.5 Å². The number of hydrogen-bond donors (Lipinski definition) is 2. The molecule has 1 amide bonds. The van der Waals surface area contributed by atoms with E-state index in [1.807, 2.05) is 6.92 Å². The van der Waals surface area contributed by atoms with Crippen molar-refractivity contribution < 1.29 is 9.59 Å². The molecule has 0 bridgehead atoms. The van der Waals surface area contributed by atoms with Crippen molar-refractivity contribution in [2.45, 2.75) is 32.2 Å². The quantitative estimate of drug-likeness (QED) is 0.811. The molecule has 102 valence electrons. The van der Waals surface area contributed by atoms with Crippen LogP contribution in [0.4, 0.5) is 0 Å². The van der Waals surface area contributed by atoms with Gasteiger partial charge in [-0.15, -0.1) is 0 Å². The summed E-state index contributed by atoms with van der Waals surface area (Å²) in [5.74, 6) is 0.0348. The number of hydrogen-bond acceptors (Lipinski definition) is 3. The SMILES string of the molecule is CCC(=O)c1ccc(C(=O)N[C@H]2CCCNC2)cc1. The van der Waals surface area contributed by atoms with Crippen LogP contribution in [-0.2, 0) is 0 Å². The Morgan fingerprint density at radius 2 is 1.95 bits per heavy atom. The van der Waals surface area contributed by atoms with Gasteiger partial charge in [-0.25, -0.2) is 0 Å². The molecule has 1 aliphatic heterocycles. The lowest BCUT2D eigenvalue weighted by molar-refractivity contribution is 0.0928. The second-order valence-corrected chi connectivity index (χ2v) is 4.87. The van der Waals surface area contributed by atoms with Crippen LogP contribution < -0.4 is 10.6 Å². The van der Waals surface area contributed by atoms with Gasteiger partial charge in [-0.2, -0.15) is 0 Å². The molecule has 4 heteroatoms. The minimum absolute atomic E-state index is 0.0656. The molecule has 1 atom stereocenters. The molecule has 1 saturated heterocycles. The zero-order chi connectivity index (χ0) is 13.7. The van der Waals surface area contributed by atoms with E-state index in [4.69, 9.17) is 0 Å². The van der Waals surface area contributed by atoms with Crippen molar-refractivity contribution in [1.29, 1.82) is 0 Å². The minimum atomic E-state index is -0.0656. The van der Waals surface area contributed by atoms with Gasteiger partial charge in [0.15, 0.2) is 5.78 Å². The number of amides is 1. The van der Waals surface area contributed by atoms with E-state index in [1.165, 1.54) is 0 Å². The summed E-state index contributed by atoms with van der Waals surface area (Å²) >= 11 is 0. The molecule has 4 nitrogen and oxygen atoms in total. The monoisotopic (exact) mass is 260 g/mol. The third kappa shape index (κ3) is 3.64. The molecule has 1 aliphatic rings. The highest BCUT2D eigenvalue weighted by molar-refractivity contribution is 5.98. The number of Topliss-reactive ketones (excluding diaryl/α,β-unsaturated/α-hetero) is 1. The molecule has 2 rings (SSSR count). The largest absolute Gasteiger partial charge is 0.348 e. The Morgan fingerprint density at radius 1 is 1.26 bits per heavy atom. The highest BCUT2D eigenvalue weighted by Gasteiger charge is 2.16. The van der Waals surface area contributed by atoms with Crippen molar-refractivity contribution in [3.63, 3.8) is 0 Å². The third-order valence-electron chi connectivity index (χ3n) is 3.42. The second-order valence-electron chi connectivity index (χ2n) is 4.87. The van der Waals surface area contributed by atoms with Crippen molar-refractivity contribution in [2.24, 2.45) is 0 Å². The van der Waals surface area contributed by atoms with Gasteiger partial charge in [0.2, 0.25) is 0 Å². The molecule has 0 spiro atoms. The molecule has 0 aromatic heterocycles. The number of piperidine rings is 1. The molecular weight excluding hydrogens is 240 g/mol. The maximum Gasteiger partial charge on any atom is 0.251 e. The first-order chi connectivity index (χ1) is 9.20. The second kappa shape index (κ2) is 6.48. The fourth-order valence-electron chi connectivity index (χ4n) is 2.26. The van der Waals surface area contributed by atoms with Crippen LogP contribution in [0.1, 0.15) is 46.9 Å². The van der Waals surface area contributed by atoms with Gasteiger partial charge < -0.3 is 10.6 Å². The Bertz CT molecular complexity index is 448. The number of carbonyl (C=O) groups is 2. The lowest BCUT2D eigenvalue weighted by Gasteiger charge is -2.23. The normalized spacial score (nSPS) is 18.9. The summed E-state index contributed by atoms with van der Waals surface area (Å²) in [6.45, 7) is 3.69. The Morgan fingerprint density at radius 3 is 2.53 bits per heavy atom. The first-order valence-electron chi connectivity index (χ1n) is 6.85. The predicted octanol–water partition coefficient (Wildman–Crippen LogP) is 1.76.